The predicted octanol–water partition coefficient (Wildman–Crippen LogP) is 3.61. The molecule has 3 aromatic rings. The van der Waals surface area contributed by atoms with Gasteiger partial charge in [-0.25, -0.2) is 4.79 Å². The van der Waals surface area contributed by atoms with Crippen molar-refractivity contribution in [2.75, 3.05) is 5.32 Å². The fourth-order valence-electron chi connectivity index (χ4n) is 2.53. The summed E-state index contributed by atoms with van der Waals surface area (Å²) in [6.07, 6.45) is -0.211. The zero-order chi connectivity index (χ0) is 21.0. The lowest BCUT2D eigenvalue weighted by Gasteiger charge is -2.08. The molecule has 0 unspecified atom stereocenters. The molecule has 0 aliphatic carbocycles. The van der Waals surface area contributed by atoms with E-state index < -0.39 is 5.97 Å². The first-order chi connectivity index (χ1) is 13.8. The van der Waals surface area contributed by atoms with Gasteiger partial charge in [0.15, 0.2) is 0 Å². The van der Waals surface area contributed by atoms with Crippen molar-refractivity contribution in [3.63, 3.8) is 0 Å². The summed E-state index contributed by atoms with van der Waals surface area (Å²) in [7, 11) is 0. The number of ether oxygens (including phenoxy) is 1. The Morgan fingerprint density at radius 3 is 2.72 bits per heavy atom. The third kappa shape index (κ3) is 5.47. The van der Waals surface area contributed by atoms with Crippen molar-refractivity contribution in [3.05, 3.63) is 58.1 Å². The number of carbonyl (C=O) groups is 2. The van der Waals surface area contributed by atoms with Gasteiger partial charge < -0.3 is 10.1 Å². The number of nitrogens with zero attached hydrogens (tertiary/aromatic N) is 4. The van der Waals surface area contributed by atoms with Crippen LogP contribution in [-0.4, -0.2) is 38.2 Å². The number of halogens is 1. The number of aryl methyl sites for hydroxylation is 1. The van der Waals surface area contributed by atoms with Gasteiger partial charge in [-0.15, -0.1) is 10.2 Å². The fraction of sp³-hybridized carbons (Fsp3) is 0.250. The van der Waals surface area contributed by atoms with Crippen LogP contribution >= 0.6 is 15.9 Å². The Balaban J connectivity index is 1.69. The lowest BCUT2D eigenvalue weighted by molar-refractivity contribution is -0.117. The summed E-state index contributed by atoms with van der Waals surface area (Å²) in [5.41, 5.74) is 2.75. The number of tetrazole rings is 1. The zero-order valence-electron chi connectivity index (χ0n) is 16.2. The van der Waals surface area contributed by atoms with Crippen LogP contribution in [0.15, 0.2) is 46.9 Å². The number of rotatable bonds is 6. The van der Waals surface area contributed by atoms with E-state index in [1.165, 1.54) is 4.80 Å². The molecule has 1 aromatic heterocycles. The van der Waals surface area contributed by atoms with Gasteiger partial charge in [0, 0.05) is 10.0 Å². The Bertz CT molecular complexity index is 1050. The molecule has 8 nitrogen and oxygen atoms in total. The first-order valence-electron chi connectivity index (χ1n) is 8.97. The molecule has 29 heavy (non-hydrogen) atoms. The van der Waals surface area contributed by atoms with Gasteiger partial charge >= 0.3 is 5.97 Å². The molecule has 1 amide bonds. The number of aromatic nitrogens is 4. The second-order valence-electron chi connectivity index (χ2n) is 6.71. The molecule has 3 rings (SSSR count). The van der Waals surface area contributed by atoms with Gasteiger partial charge in [0.1, 0.15) is 6.54 Å². The number of nitrogens with one attached hydrogen (secondary N) is 1. The molecular weight excluding hydrogens is 438 g/mol. The van der Waals surface area contributed by atoms with Crippen molar-refractivity contribution < 1.29 is 14.3 Å². The van der Waals surface area contributed by atoms with Crippen LogP contribution in [0.1, 0.15) is 29.8 Å². The fourth-order valence-corrected chi connectivity index (χ4v) is 3.13. The van der Waals surface area contributed by atoms with E-state index in [2.05, 4.69) is 36.7 Å². The van der Waals surface area contributed by atoms with Crippen LogP contribution in [0.2, 0.25) is 0 Å². The van der Waals surface area contributed by atoms with E-state index in [1.807, 2.05) is 25.1 Å². The molecule has 0 fully saturated rings. The molecule has 0 saturated carbocycles. The Kier molecular flexibility index (Phi) is 6.38. The second-order valence-corrected chi connectivity index (χ2v) is 7.56. The van der Waals surface area contributed by atoms with E-state index in [0.717, 1.165) is 10.0 Å². The number of anilines is 1. The van der Waals surface area contributed by atoms with E-state index in [9.17, 15) is 9.59 Å². The number of hydrogen-bond donors (Lipinski definition) is 1. The summed E-state index contributed by atoms with van der Waals surface area (Å²) in [6.45, 7) is 5.45. The van der Waals surface area contributed by atoms with Crippen LogP contribution < -0.4 is 5.32 Å². The van der Waals surface area contributed by atoms with Crippen LogP contribution in [0, 0.1) is 6.92 Å². The number of esters is 1. The van der Waals surface area contributed by atoms with Crippen molar-refractivity contribution in [2.45, 2.75) is 33.4 Å². The number of carbonyl (C=O) groups excluding carboxylic acids is 2. The Morgan fingerprint density at radius 2 is 2.00 bits per heavy atom. The van der Waals surface area contributed by atoms with Gasteiger partial charge in [-0.1, -0.05) is 18.2 Å². The highest BCUT2D eigenvalue weighted by Gasteiger charge is 2.14. The maximum atomic E-state index is 12.3. The highest BCUT2D eigenvalue weighted by atomic mass is 79.9. The molecule has 0 aliphatic heterocycles. The Hall–Kier alpha value is -3.07. The maximum absolute atomic E-state index is 12.3. The minimum absolute atomic E-state index is 0.0948. The van der Waals surface area contributed by atoms with Gasteiger partial charge in [-0.2, -0.15) is 4.80 Å². The molecule has 150 valence electrons. The monoisotopic (exact) mass is 457 g/mol. The molecule has 2 aromatic carbocycles. The zero-order valence-corrected chi connectivity index (χ0v) is 17.8. The molecule has 0 atom stereocenters. The minimum atomic E-state index is -0.419. The van der Waals surface area contributed by atoms with Gasteiger partial charge in [0.2, 0.25) is 11.7 Å². The maximum Gasteiger partial charge on any atom is 0.338 e. The van der Waals surface area contributed by atoms with Gasteiger partial charge in [0.25, 0.3) is 0 Å². The average molecular weight is 458 g/mol. The van der Waals surface area contributed by atoms with E-state index in [4.69, 9.17) is 4.74 Å². The summed E-state index contributed by atoms with van der Waals surface area (Å²) in [5, 5.41) is 14.9. The van der Waals surface area contributed by atoms with Crippen LogP contribution in [0.25, 0.3) is 11.4 Å². The second kappa shape index (κ2) is 8.95. The third-order valence-electron chi connectivity index (χ3n) is 3.84. The Labute approximate surface area is 176 Å². The number of amides is 1. The van der Waals surface area contributed by atoms with Gasteiger partial charge in [-0.05, 0) is 71.7 Å². The summed E-state index contributed by atoms with van der Waals surface area (Å²) in [4.78, 5) is 25.6. The molecular formula is C20H20BrN5O3. The van der Waals surface area contributed by atoms with Crippen LogP contribution in [0.4, 0.5) is 5.69 Å². The van der Waals surface area contributed by atoms with Gasteiger partial charge in [-0.3, -0.25) is 4.79 Å². The molecule has 0 radical (unpaired) electrons. The van der Waals surface area contributed by atoms with Crippen molar-refractivity contribution >= 4 is 33.5 Å². The van der Waals surface area contributed by atoms with E-state index in [-0.39, 0.29) is 18.6 Å². The first kappa shape index (κ1) is 20.7. The lowest BCUT2D eigenvalue weighted by Crippen LogP contribution is -2.20. The highest BCUT2D eigenvalue weighted by molar-refractivity contribution is 9.10. The van der Waals surface area contributed by atoms with Crippen LogP contribution in [0.5, 0.6) is 0 Å². The van der Waals surface area contributed by atoms with Crippen molar-refractivity contribution in [1.29, 1.82) is 0 Å². The topological polar surface area (TPSA) is 99.0 Å². The molecule has 0 spiro atoms. The summed E-state index contributed by atoms with van der Waals surface area (Å²) < 4.78 is 6.00. The quantitative estimate of drug-likeness (QED) is 0.567. The van der Waals surface area contributed by atoms with E-state index >= 15 is 0 Å². The van der Waals surface area contributed by atoms with Gasteiger partial charge in [0.05, 0.1) is 17.4 Å². The molecule has 1 N–H and O–H groups in total. The third-order valence-corrected chi connectivity index (χ3v) is 4.49. The highest BCUT2D eigenvalue weighted by Crippen LogP contribution is 2.23. The predicted molar refractivity (Wildman–Crippen MR) is 111 cm³/mol. The van der Waals surface area contributed by atoms with Crippen LogP contribution in [-0.2, 0) is 16.1 Å². The largest absolute Gasteiger partial charge is 0.459 e. The molecule has 0 bridgehead atoms. The molecule has 1 heterocycles. The van der Waals surface area contributed by atoms with E-state index in [0.29, 0.717) is 22.6 Å². The minimum Gasteiger partial charge on any atom is -0.459 e. The normalized spacial score (nSPS) is 10.8. The molecule has 9 heteroatoms. The van der Waals surface area contributed by atoms with Crippen molar-refractivity contribution in [2.24, 2.45) is 0 Å². The lowest BCUT2D eigenvalue weighted by atomic mass is 10.1. The Morgan fingerprint density at radius 1 is 1.21 bits per heavy atom. The summed E-state index contributed by atoms with van der Waals surface area (Å²) in [5.74, 6) is -0.390. The number of hydrogen-bond acceptors (Lipinski definition) is 6. The molecule has 0 aliphatic rings. The first-order valence-corrected chi connectivity index (χ1v) is 9.76. The smallest absolute Gasteiger partial charge is 0.338 e. The summed E-state index contributed by atoms with van der Waals surface area (Å²) in [6, 6.07) is 12.4. The standard InChI is InChI=1S/C20H20BrN5O3/c1-12(2)29-20(28)15-6-4-5-14(10-15)19-23-25-26(24-19)11-18(27)22-17-8-7-13(3)9-16(17)21/h4-10,12H,11H2,1-3H3,(H,22,27). The van der Waals surface area contributed by atoms with E-state index in [1.54, 1.807) is 38.1 Å². The molecule has 0 saturated heterocycles. The van der Waals surface area contributed by atoms with Crippen molar-refractivity contribution in [1.82, 2.24) is 20.2 Å². The van der Waals surface area contributed by atoms with Crippen LogP contribution in [0.3, 0.4) is 0 Å². The van der Waals surface area contributed by atoms with Crippen molar-refractivity contribution in [3.8, 4) is 11.4 Å². The number of benzene rings is 2. The SMILES string of the molecule is Cc1ccc(NC(=O)Cn2nnc(-c3cccc(C(=O)OC(C)C)c3)n2)c(Br)c1. The average Bonchev–Trinajstić information content (AvgIpc) is 3.12. The summed E-state index contributed by atoms with van der Waals surface area (Å²) >= 11 is 3.43.